The maximum atomic E-state index is 14.2. The van der Waals surface area contributed by atoms with Crippen LogP contribution in [0.3, 0.4) is 0 Å². The first-order valence-corrected chi connectivity index (χ1v) is 17.4. The third kappa shape index (κ3) is 6.92. The molecule has 1 saturated carbocycles. The molecule has 2 heterocycles. The van der Waals surface area contributed by atoms with Crippen LogP contribution < -0.4 is 21.0 Å². The Kier molecular flexibility index (Phi) is 9.67. The molecule has 8 nitrogen and oxygen atoms in total. The number of carbonyl (C=O) groups is 2. The summed E-state index contributed by atoms with van der Waals surface area (Å²) in [4.78, 5) is 49.9. The minimum absolute atomic E-state index is 0.0235. The average Bonchev–Trinajstić information content (AvgIpc) is 3.01. The van der Waals surface area contributed by atoms with Crippen LogP contribution >= 0.6 is 23.2 Å². The largest absolute Gasteiger partial charge is 0.416 e. The summed E-state index contributed by atoms with van der Waals surface area (Å²) in [5, 5.41) is 3.97. The van der Waals surface area contributed by atoms with Crippen molar-refractivity contribution in [1.29, 1.82) is 0 Å². The first-order chi connectivity index (χ1) is 21.3. The Labute approximate surface area is 270 Å². The van der Waals surface area contributed by atoms with Crippen LogP contribution in [-0.2, 0) is 23.9 Å². The molecule has 2 amide bonds. The maximum absolute atomic E-state index is 14.2. The van der Waals surface area contributed by atoms with Crippen LogP contribution in [0.15, 0.2) is 47.3 Å². The number of anilines is 1. The standard InChI is InChI=1S/C31H33Cl2F3N5O3Si/c1-17-14-23-26(16-40(17)28(43)19-6-13-24(32)25(33)15-19)38-30(39-45(3)22-11-7-20(8-12-22)31(34,35)36)41(29(23)44)21-9-4-18(5-10-21)27(42)37-2/h6-8,11-13,15,17-18,21H,4-5,9-10,14,16H2,1-3H3,(H,37,42)(H,38,39)/t17-,18?,21?/m1/s1. The Morgan fingerprint density at radius 1 is 1.02 bits per heavy atom. The Balaban J connectivity index is 1.50. The zero-order chi connectivity index (χ0) is 32.6. The Morgan fingerprint density at radius 3 is 2.29 bits per heavy atom. The molecular weight excluding hydrogens is 646 g/mol. The highest BCUT2D eigenvalue weighted by molar-refractivity contribution is 6.74. The molecule has 1 atom stereocenters. The minimum atomic E-state index is -4.45. The molecule has 45 heavy (non-hydrogen) atoms. The van der Waals surface area contributed by atoms with Crippen molar-refractivity contribution in [3.63, 3.8) is 0 Å². The number of nitrogens with zero attached hydrogens (tertiary/aromatic N) is 3. The van der Waals surface area contributed by atoms with E-state index in [0.717, 1.165) is 12.1 Å². The monoisotopic (exact) mass is 678 g/mol. The topological polar surface area (TPSA) is 96.3 Å². The van der Waals surface area contributed by atoms with E-state index in [2.05, 4.69) is 10.3 Å². The second kappa shape index (κ2) is 13.2. The number of aromatic nitrogens is 2. The third-order valence-electron chi connectivity index (χ3n) is 8.70. The molecule has 0 bridgehead atoms. The van der Waals surface area contributed by atoms with Gasteiger partial charge in [-0.25, -0.2) is 4.98 Å². The van der Waals surface area contributed by atoms with Gasteiger partial charge in [0.15, 0.2) is 5.95 Å². The van der Waals surface area contributed by atoms with E-state index < -0.39 is 20.7 Å². The maximum Gasteiger partial charge on any atom is 0.416 e. The molecule has 2 aliphatic rings. The summed E-state index contributed by atoms with van der Waals surface area (Å²) in [5.74, 6) is -0.118. The van der Waals surface area contributed by atoms with Crippen LogP contribution in [0.1, 0.15) is 65.8 Å². The molecule has 2 aromatic carbocycles. The first kappa shape index (κ1) is 33.0. The molecule has 14 heteroatoms. The quantitative estimate of drug-likeness (QED) is 0.332. The molecule has 3 aromatic rings. The van der Waals surface area contributed by atoms with Crippen LogP contribution in [-0.4, -0.2) is 48.3 Å². The van der Waals surface area contributed by atoms with Crippen molar-refractivity contribution in [2.45, 2.75) is 70.4 Å². The number of hydrogen-bond acceptors (Lipinski definition) is 5. The summed E-state index contributed by atoms with van der Waals surface area (Å²) < 4.78 is 41.2. The number of nitrogens with one attached hydrogen (secondary N) is 2. The van der Waals surface area contributed by atoms with Crippen molar-refractivity contribution >= 4 is 55.1 Å². The van der Waals surface area contributed by atoms with Gasteiger partial charge in [0.2, 0.25) is 14.9 Å². The molecule has 2 N–H and O–H groups in total. The Morgan fingerprint density at radius 2 is 1.69 bits per heavy atom. The smallest absolute Gasteiger partial charge is 0.377 e. The van der Waals surface area contributed by atoms with Crippen LogP contribution in [0, 0.1) is 5.92 Å². The number of alkyl halides is 3. The van der Waals surface area contributed by atoms with Crippen LogP contribution in [0.25, 0.3) is 0 Å². The van der Waals surface area contributed by atoms with Gasteiger partial charge in [-0.15, -0.1) is 0 Å². The van der Waals surface area contributed by atoms with Gasteiger partial charge in [0, 0.05) is 36.2 Å². The number of hydrogen-bond donors (Lipinski definition) is 2. The highest BCUT2D eigenvalue weighted by Crippen LogP contribution is 2.34. The van der Waals surface area contributed by atoms with Gasteiger partial charge < -0.3 is 15.2 Å². The van der Waals surface area contributed by atoms with E-state index in [1.54, 1.807) is 28.6 Å². The molecule has 1 aliphatic carbocycles. The van der Waals surface area contributed by atoms with E-state index in [4.69, 9.17) is 28.2 Å². The number of benzene rings is 2. The van der Waals surface area contributed by atoms with Crippen molar-refractivity contribution < 1.29 is 22.8 Å². The molecule has 0 spiro atoms. The van der Waals surface area contributed by atoms with Gasteiger partial charge in [-0.1, -0.05) is 47.5 Å². The number of rotatable bonds is 6. The summed E-state index contributed by atoms with van der Waals surface area (Å²) >= 11 is 12.2. The summed E-state index contributed by atoms with van der Waals surface area (Å²) in [5.41, 5.74) is 0.409. The molecule has 1 fully saturated rings. The van der Waals surface area contributed by atoms with Crippen molar-refractivity contribution in [3.8, 4) is 0 Å². The average molecular weight is 680 g/mol. The van der Waals surface area contributed by atoms with E-state index >= 15 is 0 Å². The van der Waals surface area contributed by atoms with Gasteiger partial charge >= 0.3 is 6.18 Å². The summed E-state index contributed by atoms with van der Waals surface area (Å²) in [6, 6.07) is 9.13. The molecule has 0 saturated heterocycles. The lowest BCUT2D eigenvalue weighted by molar-refractivity contribution is -0.137. The van der Waals surface area contributed by atoms with E-state index in [0.29, 0.717) is 65.1 Å². The second-order valence-corrected chi connectivity index (χ2v) is 14.5. The predicted octanol–water partition coefficient (Wildman–Crippen LogP) is 5.57. The molecule has 5 rings (SSSR count). The molecule has 1 radical (unpaired) electrons. The third-order valence-corrected chi connectivity index (χ3v) is 11.2. The van der Waals surface area contributed by atoms with Crippen LogP contribution in [0.4, 0.5) is 19.1 Å². The lowest BCUT2D eigenvalue weighted by Gasteiger charge is -2.36. The van der Waals surface area contributed by atoms with E-state index in [-0.39, 0.29) is 46.9 Å². The lowest BCUT2D eigenvalue weighted by Crippen LogP contribution is -2.47. The van der Waals surface area contributed by atoms with Gasteiger partial charge in [-0.05, 0) is 69.0 Å². The highest BCUT2D eigenvalue weighted by atomic mass is 35.5. The van der Waals surface area contributed by atoms with Crippen molar-refractivity contribution in [3.05, 3.63) is 85.2 Å². The minimum Gasteiger partial charge on any atom is -0.377 e. The number of carbonyl (C=O) groups excluding carboxylic acids is 2. The summed E-state index contributed by atoms with van der Waals surface area (Å²) in [6.07, 6.45) is -1.74. The molecule has 0 unspecified atom stereocenters. The summed E-state index contributed by atoms with van der Waals surface area (Å²) in [6.45, 7) is 3.85. The van der Waals surface area contributed by atoms with Gasteiger partial charge in [0.25, 0.3) is 11.5 Å². The van der Waals surface area contributed by atoms with Gasteiger partial charge in [0.1, 0.15) is 0 Å². The number of fused-ring (bicyclic) bond motifs is 1. The normalized spacial score (nSPS) is 20.1. The fraction of sp³-hybridized carbons (Fsp3) is 0.419. The molecule has 239 valence electrons. The van der Waals surface area contributed by atoms with Gasteiger partial charge in [-0.3, -0.25) is 19.0 Å². The molecule has 1 aliphatic heterocycles. The lowest BCUT2D eigenvalue weighted by atomic mass is 9.85. The predicted molar refractivity (Wildman–Crippen MR) is 169 cm³/mol. The second-order valence-electron chi connectivity index (χ2n) is 11.6. The van der Waals surface area contributed by atoms with Crippen molar-refractivity contribution in [1.82, 2.24) is 19.8 Å². The number of halogens is 5. The van der Waals surface area contributed by atoms with Crippen molar-refractivity contribution in [2.75, 3.05) is 12.0 Å². The van der Waals surface area contributed by atoms with Gasteiger partial charge in [0.05, 0.1) is 27.8 Å². The Bertz CT molecular complexity index is 1660. The van der Waals surface area contributed by atoms with Crippen LogP contribution in [0.2, 0.25) is 16.6 Å². The van der Waals surface area contributed by atoms with E-state index in [9.17, 15) is 27.6 Å². The molecular formula is C31H33Cl2F3N5O3Si. The van der Waals surface area contributed by atoms with E-state index in [1.807, 2.05) is 13.5 Å². The highest BCUT2D eigenvalue weighted by Gasteiger charge is 2.35. The molecule has 1 aromatic heterocycles. The van der Waals surface area contributed by atoms with Crippen molar-refractivity contribution in [2.24, 2.45) is 5.92 Å². The van der Waals surface area contributed by atoms with E-state index in [1.165, 1.54) is 18.2 Å². The SMILES string of the molecule is CNC(=O)C1CCC(n2c(N[Si](C)c3ccc(C(F)(F)F)cc3)nc3c(c2=O)C[C@@H](C)N(C(=O)c2ccc(Cl)c(Cl)c2)C3)CC1. The summed E-state index contributed by atoms with van der Waals surface area (Å²) in [7, 11) is -0.105. The fourth-order valence-electron chi connectivity index (χ4n) is 6.12. The number of amides is 2. The fourth-order valence-corrected chi connectivity index (χ4v) is 7.74. The van der Waals surface area contributed by atoms with Crippen LogP contribution in [0.5, 0.6) is 0 Å². The Hall–Kier alpha value is -3.35. The first-order valence-electron chi connectivity index (χ1n) is 14.7. The zero-order valence-corrected chi connectivity index (χ0v) is 27.5. The van der Waals surface area contributed by atoms with Gasteiger partial charge in [-0.2, -0.15) is 13.2 Å². The zero-order valence-electron chi connectivity index (χ0n) is 25.0.